The summed E-state index contributed by atoms with van der Waals surface area (Å²) in [5.41, 5.74) is 8.61. The maximum atomic E-state index is 5.24. The lowest BCUT2D eigenvalue weighted by atomic mass is 9.88. The summed E-state index contributed by atoms with van der Waals surface area (Å²) in [6.45, 7) is 18.2. The maximum Gasteiger partial charge on any atom is 0.217 e. The Morgan fingerprint density at radius 3 is 2.05 bits per heavy atom. The molecule has 0 radical (unpaired) electrons. The van der Waals surface area contributed by atoms with Gasteiger partial charge in [0, 0.05) is 12.4 Å². The average molecular weight is 493 g/mol. The molecule has 37 heavy (non-hydrogen) atoms. The minimum Gasteiger partial charge on any atom is -0.347 e. The number of hydrogen-bond acceptors (Lipinski definition) is 3. The Balaban J connectivity index is 1.69. The molecule has 5 rings (SSSR count). The van der Waals surface area contributed by atoms with Gasteiger partial charge in [-0.1, -0.05) is 82.3 Å². The van der Waals surface area contributed by atoms with Crippen molar-refractivity contribution in [3.63, 3.8) is 0 Å². The number of rotatable bonds is 6. The summed E-state index contributed by atoms with van der Waals surface area (Å²) < 4.78 is 2.41. The smallest absolute Gasteiger partial charge is 0.217 e. The molecule has 2 heterocycles. The van der Waals surface area contributed by atoms with Gasteiger partial charge in [0.05, 0.1) is 22.3 Å². The SMILES string of the molecule is Cc1ccccc1C(C)(C)N1C=CN(c2nc3ccccc3n2-c2c(C(C)C)cccc2C(C)C)C1C. The fourth-order valence-electron chi connectivity index (χ4n) is 5.99. The second-order valence-corrected chi connectivity index (χ2v) is 11.4. The van der Waals surface area contributed by atoms with Crippen LogP contribution in [0.25, 0.3) is 16.7 Å². The molecule has 1 aliphatic heterocycles. The van der Waals surface area contributed by atoms with Gasteiger partial charge in [-0.15, -0.1) is 0 Å². The van der Waals surface area contributed by atoms with E-state index in [1.807, 2.05) is 0 Å². The van der Waals surface area contributed by atoms with E-state index in [4.69, 9.17) is 4.98 Å². The van der Waals surface area contributed by atoms with Crippen molar-refractivity contribution in [1.29, 1.82) is 0 Å². The molecular weight excluding hydrogens is 452 g/mol. The molecule has 1 aromatic heterocycles. The zero-order valence-electron chi connectivity index (χ0n) is 23.5. The molecule has 4 aromatic rings. The van der Waals surface area contributed by atoms with Crippen molar-refractivity contribution in [3.8, 4) is 5.69 Å². The Morgan fingerprint density at radius 2 is 1.41 bits per heavy atom. The quantitative estimate of drug-likeness (QED) is 0.270. The normalized spacial score (nSPS) is 16.1. The largest absolute Gasteiger partial charge is 0.347 e. The van der Waals surface area contributed by atoms with Gasteiger partial charge < -0.3 is 4.90 Å². The Labute approximate surface area is 222 Å². The van der Waals surface area contributed by atoms with Crippen LogP contribution in [0.3, 0.4) is 0 Å². The third-order valence-corrected chi connectivity index (χ3v) is 7.98. The highest BCUT2D eigenvalue weighted by Gasteiger charge is 2.38. The van der Waals surface area contributed by atoms with E-state index in [2.05, 4.69) is 149 Å². The molecule has 4 nitrogen and oxygen atoms in total. The first-order valence-electron chi connectivity index (χ1n) is 13.5. The molecule has 3 aromatic carbocycles. The second kappa shape index (κ2) is 9.41. The molecule has 0 fully saturated rings. The van der Waals surface area contributed by atoms with E-state index in [9.17, 15) is 0 Å². The van der Waals surface area contributed by atoms with E-state index in [-0.39, 0.29) is 11.7 Å². The summed E-state index contributed by atoms with van der Waals surface area (Å²) in [7, 11) is 0. The topological polar surface area (TPSA) is 24.3 Å². The summed E-state index contributed by atoms with van der Waals surface area (Å²) in [4.78, 5) is 10.0. The van der Waals surface area contributed by atoms with Gasteiger partial charge in [0.1, 0.15) is 6.17 Å². The van der Waals surface area contributed by atoms with Gasteiger partial charge in [0.15, 0.2) is 0 Å². The number of para-hydroxylation sites is 3. The lowest BCUT2D eigenvalue weighted by Crippen LogP contribution is -2.47. The number of imidazole rings is 1. The van der Waals surface area contributed by atoms with Gasteiger partial charge in [0.2, 0.25) is 5.95 Å². The van der Waals surface area contributed by atoms with Crippen molar-refractivity contribution in [2.24, 2.45) is 0 Å². The van der Waals surface area contributed by atoms with E-state index in [0.717, 1.165) is 17.0 Å². The van der Waals surface area contributed by atoms with Gasteiger partial charge in [-0.2, -0.15) is 0 Å². The molecule has 0 saturated carbocycles. The van der Waals surface area contributed by atoms with Crippen LogP contribution >= 0.6 is 0 Å². The molecular formula is C33H40N4. The number of benzene rings is 3. The van der Waals surface area contributed by atoms with E-state index >= 15 is 0 Å². The van der Waals surface area contributed by atoms with Crippen LogP contribution in [0.1, 0.15) is 82.6 Å². The molecule has 1 unspecified atom stereocenters. The third-order valence-electron chi connectivity index (χ3n) is 7.98. The molecule has 0 bridgehead atoms. The summed E-state index contributed by atoms with van der Waals surface area (Å²) in [6, 6.07) is 24.0. The molecule has 1 aliphatic rings. The number of anilines is 1. The van der Waals surface area contributed by atoms with E-state index in [0.29, 0.717) is 11.8 Å². The summed E-state index contributed by atoms with van der Waals surface area (Å²) in [5.74, 6) is 1.75. The number of nitrogens with zero attached hydrogens (tertiary/aromatic N) is 4. The predicted octanol–water partition coefficient (Wildman–Crippen LogP) is 8.46. The number of aryl methyl sites for hydroxylation is 1. The van der Waals surface area contributed by atoms with Crippen LogP contribution < -0.4 is 4.90 Å². The van der Waals surface area contributed by atoms with Crippen LogP contribution in [0.2, 0.25) is 0 Å². The van der Waals surface area contributed by atoms with Crippen molar-refractivity contribution in [1.82, 2.24) is 14.5 Å². The van der Waals surface area contributed by atoms with Crippen molar-refractivity contribution in [2.75, 3.05) is 4.90 Å². The molecule has 0 aliphatic carbocycles. The Hall–Kier alpha value is -3.53. The van der Waals surface area contributed by atoms with Crippen LogP contribution in [0.15, 0.2) is 79.1 Å². The molecule has 0 amide bonds. The zero-order chi connectivity index (χ0) is 26.5. The first-order chi connectivity index (χ1) is 17.6. The fraction of sp³-hybridized carbons (Fsp3) is 0.364. The van der Waals surface area contributed by atoms with E-state index in [1.54, 1.807) is 0 Å². The van der Waals surface area contributed by atoms with Crippen LogP contribution in [0.4, 0.5) is 5.95 Å². The highest BCUT2D eigenvalue weighted by atomic mass is 15.5. The van der Waals surface area contributed by atoms with Crippen LogP contribution in [0.5, 0.6) is 0 Å². The molecule has 0 saturated heterocycles. The van der Waals surface area contributed by atoms with Crippen LogP contribution in [-0.2, 0) is 5.54 Å². The minimum absolute atomic E-state index is 0.0962. The average Bonchev–Trinajstić information content (AvgIpc) is 3.44. The third kappa shape index (κ3) is 4.13. The number of hydrogen-bond donors (Lipinski definition) is 0. The van der Waals surface area contributed by atoms with E-state index in [1.165, 1.54) is 27.9 Å². The lowest BCUT2D eigenvalue weighted by Gasteiger charge is -2.42. The van der Waals surface area contributed by atoms with Gasteiger partial charge in [0.25, 0.3) is 0 Å². The summed E-state index contributed by atoms with van der Waals surface area (Å²) in [6.07, 6.45) is 4.53. The van der Waals surface area contributed by atoms with Crippen molar-refractivity contribution < 1.29 is 0 Å². The standard InChI is InChI=1S/C33H40N4/c1-22(2)26-15-13-16-27(23(3)4)31(26)37-30-19-12-11-18-29(30)34-32(37)35-20-21-36(25(35)6)33(7,8)28-17-10-9-14-24(28)5/h9-23,25H,1-8H3. The van der Waals surface area contributed by atoms with E-state index < -0.39 is 0 Å². The summed E-state index contributed by atoms with van der Waals surface area (Å²) in [5, 5.41) is 0. The Kier molecular flexibility index (Phi) is 6.39. The summed E-state index contributed by atoms with van der Waals surface area (Å²) >= 11 is 0. The first kappa shape index (κ1) is 25.1. The minimum atomic E-state index is -0.175. The Morgan fingerprint density at radius 1 is 0.784 bits per heavy atom. The highest BCUT2D eigenvalue weighted by Crippen LogP contribution is 2.41. The highest BCUT2D eigenvalue weighted by molar-refractivity contribution is 5.83. The fourth-order valence-corrected chi connectivity index (χ4v) is 5.99. The van der Waals surface area contributed by atoms with Crippen LogP contribution in [-0.4, -0.2) is 20.6 Å². The monoisotopic (exact) mass is 492 g/mol. The zero-order valence-corrected chi connectivity index (χ0v) is 23.5. The predicted molar refractivity (Wildman–Crippen MR) is 156 cm³/mol. The molecule has 0 N–H and O–H groups in total. The van der Waals surface area contributed by atoms with Gasteiger partial charge >= 0.3 is 0 Å². The van der Waals surface area contributed by atoms with Crippen LogP contribution in [0, 0.1) is 6.92 Å². The maximum absolute atomic E-state index is 5.24. The molecule has 192 valence electrons. The molecule has 1 atom stereocenters. The number of aromatic nitrogens is 2. The lowest BCUT2D eigenvalue weighted by molar-refractivity contribution is 0.151. The van der Waals surface area contributed by atoms with Gasteiger partial charge in [-0.25, -0.2) is 4.98 Å². The number of fused-ring (bicyclic) bond motifs is 1. The van der Waals surface area contributed by atoms with Crippen molar-refractivity contribution >= 4 is 17.0 Å². The first-order valence-corrected chi connectivity index (χ1v) is 13.5. The van der Waals surface area contributed by atoms with Gasteiger partial charge in [-0.05, 0) is 73.9 Å². The van der Waals surface area contributed by atoms with Crippen molar-refractivity contribution in [3.05, 3.63) is 101 Å². The second-order valence-electron chi connectivity index (χ2n) is 11.4. The van der Waals surface area contributed by atoms with Gasteiger partial charge in [-0.3, -0.25) is 9.47 Å². The molecule has 4 heteroatoms. The molecule has 0 spiro atoms. The van der Waals surface area contributed by atoms with Crippen molar-refractivity contribution in [2.45, 2.75) is 78.9 Å². The Bertz CT molecular complexity index is 1430.